The molecule has 0 radical (unpaired) electrons. The fourth-order valence-corrected chi connectivity index (χ4v) is 3.55. The third-order valence-electron chi connectivity index (χ3n) is 5.57. The Bertz CT molecular complexity index is 812. The molecule has 0 heterocycles. The summed E-state index contributed by atoms with van der Waals surface area (Å²) in [5, 5.41) is 8.99. The van der Waals surface area contributed by atoms with Gasteiger partial charge in [-0.1, -0.05) is 6.07 Å². The van der Waals surface area contributed by atoms with Crippen LogP contribution in [0.25, 0.3) is 0 Å². The van der Waals surface area contributed by atoms with Crippen LogP contribution in [0.5, 0.6) is 0 Å². The highest BCUT2D eigenvalue weighted by Gasteiger charge is 2.41. The Morgan fingerprint density at radius 2 is 1.75 bits per heavy atom. The van der Waals surface area contributed by atoms with Gasteiger partial charge in [-0.3, -0.25) is 9.59 Å². The second-order valence-electron chi connectivity index (χ2n) is 9.51. The van der Waals surface area contributed by atoms with E-state index in [1.54, 1.807) is 29.2 Å². The quantitative estimate of drug-likeness (QED) is 0.512. The van der Waals surface area contributed by atoms with Crippen LogP contribution in [0.1, 0.15) is 64.7 Å². The van der Waals surface area contributed by atoms with Gasteiger partial charge in [0, 0.05) is 36.4 Å². The van der Waals surface area contributed by atoms with Crippen molar-refractivity contribution >= 4 is 23.6 Å². The Kier molecular flexibility index (Phi) is 8.66. The third-order valence-corrected chi connectivity index (χ3v) is 5.57. The van der Waals surface area contributed by atoms with Crippen LogP contribution >= 0.6 is 0 Å². The van der Waals surface area contributed by atoms with Crippen molar-refractivity contribution in [1.29, 1.82) is 0 Å². The molecular weight excluding hydrogens is 408 g/mol. The number of carbonyl (C=O) groups is 3. The molecule has 1 aromatic carbocycles. The Morgan fingerprint density at radius 3 is 2.31 bits per heavy atom. The van der Waals surface area contributed by atoms with Crippen molar-refractivity contribution in [2.75, 3.05) is 31.5 Å². The number of hydrogen-bond donors (Lipinski definition) is 3. The van der Waals surface area contributed by atoms with E-state index >= 15 is 0 Å². The molecule has 0 aliphatic heterocycles. The fraction of sp³-hybridized carbons (Fsp3) is 0.625. The number of anilines is 1. The lowest BCUT2D eigenvalue weighted by molar-refractivity contribution is -0.115. The van der Waals surface area contributed by atoms with Crippen molar-refractivity contribution in [3.05, 3.63) is 29.8 Å². The van der Waals surface area contributed by atoms with Crippen LogP contribution in [0, 0.1) is 5.92 Å². The SMILES string of the molecule is CCN(CC)C(=O)c1cccc(NC(=O)CN[C@@](C)(CNC(=O)OC(C)(C)C)C2CC2)c1. The first-order valence-corrected chi connectivity index (χ1v) is 11.4. The van der Waals surface area contributed by atoms with E-state index in [2.05, 4.69) is 16.0 Å². The maximum Gasteiger partial charge on any atom is 0.407 e. The summed E-state index contributed by atoms with van der Waals surface area (Å²) in [7, 11) is 0. The van der Waals surface area contributed by atoms with Gasteiger partial charge in [0.2, 0.25) is 5.91 Å². The van der Waals surface area contributed by atoms with E-state index in [1.165, 1.54) is 0 Å². The van der Waals surface area contributed by atoms with Crippen LogP contribution in [-0.4, -0.2) is 60.1 Å². The van der Waals surface area contributed by atoms with E-state index < -0.39 is 17.2 Å². The number of rotatable bonds is 10. The smallest absolute Gasteiger partial charge is 0.407 e. The molecule has 1 aromatic rings. The van der Waals surface area contributed by atoms with E-state index in [4.69, 9.17) is 4.74 Å². The van der Waals surface area contributed by atoms with Crippen LogP contribution in [0.3, 0.4) is 0 Å². The second kappa shape index (κ2) is 10.8. The molecule has 8 nitrogen and oxygen atoms in total. The average molecular weight is 447 g/mol. The molecule has 178 valence electrons. The first-order chi connectivity index (χ1) is 15.0. The highest BCUT2D eigenvalue weighted by molar-refractivity contribution is 5.97. The minimum atomic E-state index is -0.561. The molecule has 0 bridgehead atoms. The monoisotopic (exact) mass is 446 g/mol. The molecule has 32 heavy (non-hydrogen) atoms. The fourth-order valence-electron chi connectivity index (χ4n) is 3.55. The topological polar surface area (TPSA) is 99.8 Å². The number of carbonyl (C=O) groups excluding carboxylic acids is 3. The summed E-state index contributed by atoms with van der Waals surface area (Å²) in [6, 6.07) is 6.98. The molecule has 2 rings (SSSR count). The van der Waals surface area contributed by atoms with E-state index in [0.29, 0.717) is 36.8 Å². The van der Waals surface area contributed by atoms with Gasteiger partial charge in [-0.15, -0.1) is 0 Å². The number of nitrogens with one attached hydrogen (secondary N) is 3. The van der Waals surface area contributed by atoms with E-state index in [1.807, 2.05) is 41.5 Å². The zero-order valence-electron chi connectivity index (χ0n) is 20.2. The zero-order chi connectivity index (χ0) is 23.9. The predicted molar refractivity (Wildman–Crippen MR) is 126 cm³/mol. The van der Waals surface area contributed by atoms with Gasteiger partial charge in [0.25, 0.3) is 5.91 Å². The number of benzene rings is 1. The standard InChI is InChI=1S/C24H38N4O4/c1-7-28(8-2)21(30)17-10-9-11-19(14-17)27-20(29)15-26-24(6,18-12-13-18)16-25-22(31)32-23(3,4)5/h9-11,14,18,26H,7-8,12-13,15-16H2,1-6H3,(H,25,31)(H,27,29)/t24-/m0/s1. The van der Waals surface area contributed by atoms with Crippen LogP contribution < -0.4 is 16.0 Å². The molecule has 0 spiro atoms. The number of alkyl carbamates (subject to hydrolysis) is 1. The molecular formula is C24H38N4O4. The van der Waals surface area contributed by atoms with Gasteiger partial charge < -0.3 is 25.6 Å². The lowest BCUT2D eigenvalue weighted by Gasteiger charge is -2.32. The van der Waals surface area contributed by atoms with E-state index in [0.717, 1.165) is 12.8 Å². The number of hydrogen-bond acceptors (Lipinski definition) is 5. The summed E-state index contributed by atoms with van der Waals surface area (Å²) >= 11 is 0. The molecule has 0 aromatic heterocycles. The van der Waals surface area contributed by atoms with Crippen molar-refractivity contribution in [2.45, 2.75) is 65.5 Å². The zero-order valence-corrected chi connectivity index (χ0v) is 20.2. The Balaban J connectivity index is 1.92. The van der Waals surface area contributed by atoms with Crippen molar-refractivity contribution < 1.29 is 19.1 Å². The number of ether oxygens (including phenoxy) is 1. The molecule has 1 saturated carbocycles. The normalized spacial score (nSPS) is 15.4. The van der Waals surface area contributed by atoms with Gasteiger partial charge in [-0.25, -0.2) is 4.79 Å². The molecule has 1 fully saturated rings. The predicted octanol–water partition coefficient (Wildman–Crippen LogP) is 3.39. The van der Waals surface area contributed by atoms with Gasteiger partial charge >= 0.3 is 6.09 Å². The highest BCUT2D eigenvalue weighted by Crippen LogP contribution is 2.39. The average Bonchev–Trinajstić information content (AvgIpc) is 3.56. The number of nitrogens with zero attached hydrogens (tertiary/aromatic N) is 1. The molecule has 1 aliphatic rings. The Hall–Kier alpha value is -2.61. The van der Waals surface area contributed by atoms with Crippen LogP contribution in [0.15, 0.2) is 24.3 Å². The maximum absolute atomic E-state index is 12.6. The molecule has 1 atom stereocenters. The summed E-state index contributed by atoms with van der Waals surface area (Å²) < 4.78 is 5.31. The summed E-state index contributed by atoms with van der Waals surface area (Å²) in [6.45, 7) is 13.1. The molecule has 8 heteroatoms. The minimum absolute atomic E-state index is 0.0567. The molecule has 1 aliphatic carbocycles. The summed E-state index contributed by atoms with van der Waals surface area (Å²) in [5.41, 5.74) is 0.155. The Labute approximate surface area is 191 Å². The highest BCUT2D eigenvalue weighted by atomic mass is 16.6. The third kappa shape index (κ3) is 7.82. The van der Waals surface area contributed by atoms with Gasteiger partial charge in [0.05, 0.1) is 6.54 Å². The maximum atomic E-state index is 12.6. The van der Waals surface area contributed by atoms with Crippen molar-refractivity contribution in [1.82, 2.24) is 15.5 Å². The lowest BCUT2D eigenvalue weighted by atomic mass is 9.95. The summed E-state index contributed by atoms with van der Waals surface area (Å²) in [4.78, 5) is 38.9. The van der Waals surface area contributed by atoms with Gasteiger partial charge in [-0.05, 0) is 78.5 Å². The molecule has 0 unspecified atom stereocenters. The van der Waals surface area contributed by atoms with Crippen LogP contribution in [0.2, 0.25) is 0 Å². The molecule has 3 N–H and O–H groups in total. The largest absolute Gasteiger partial charge is 0.444 e. The van der Waals surface area contributed by atoms with Crippen molar-refractivity contribution in [3.8, 4) is 0 Å². The van der Waals surface area contributed by atoms with E-state index in [-0.39, 0.29) is 18.4 Å². The number of amides is 3. The van der Waals surface area contributed by atoms with Crippen molar-refractivity contribution in [2.24, 2.45) is 5.92 Å². The minimum Gasteiger partial charge on any atom is -0.444 e. The first kappa shape index (κ1) is 25.6. The molecule has 3 amide bonds. The molecule has 0 saturated heterocycles. The van der Waals surface area contributed by atoms with Gasteiger partial charge in [0.1, 0.15) is 5.60 Å². The van der Waals surface area contributed by atoms with Crippen LogP contribution in [-0.2, 0) is 9.53 Å². The lowest BCUT2D eigenvalue weighted by Crippen LogP contribution is -2.55. The first-order valence-electron chi connectivity index (χ1n) is 11.4. The summed E-state index contributed by atoms with van der Waals surface area (Å²) in [6.07, 6.45) is 1.64. The Morgan fingerprint density at radius 1 is 1.09 bits per heavy atom. The van der Waals surface area contributed by atoms with Gasteiger partial charge in [-0.2, -0.15) is 0 Å². The summed E-state index contributed by atoms with van der Waals surface area (Å²) in [5.74, 6) is 0.126. The van der Waals surface area contributed by atoms with Gasteiger partial charge in [0.15, 0.2) is 0 Å². The van der Waals surface area contributed by atoms with Crippen LogP contribution in [0.4, 0.5) is 10.5 Å². The van der Waals surface area contributed by atoms with E-state index in [9.17, 15) is 14.4 Å². The van der Waals surface area contributed by atoms with Crippen molar-refractivity contribution in [3.63, 3.8) is 0 Å². The second-order valence-corrected chi connectivity index (χ2v) is 9.51.